The quantitative estimate of drug-likeness (QED) is 0.651. The molecular formula is C25H28N4O2. The molecule has 0 radical (unpaired) electrons. The first-order chi connectivity index (χ1) is 15.0. The Morgan fingerprint density at radius 1 is 1.10 bits per heavy atom. The van der Waals surface area contributed by atoms with Gasteiger partial charge in [-0.25, -0.2) is 4.98 Å². The fraction of sp³-hybridized carbons (Fsp3) is 0.320. The van der Waals surface area contributed by atoms with Gasteiger partial charge < -0.3 is 15.0 Å². The van der Waals surface area contributed by atoms with E-state index in [1.54, 1.807) is 6.07 Å². The van der Waals surface area contributed by atoms with Crippen LogP contribution in [-0.4, -0.2) is 29.0 Å². The van der Waals surface area contributed by atoms with Gasteiger partial charge in [-0.15, -0.1) is 0 Å². The fourth-order valence-corrected chi connectivity index (χ4v) is 3.92. The predicted molar refractivity (Wildman–Crippen MR) is 123 cm³/mol. The smallest absolute Gasteiger partial charge is 0.262 e. The predicted octanol–water partition coefficient (Wildman–Crippen LogP) is 4.24. The molecule has 2 heterocycles. The van der Waals surface area contributed by atoms with Crippen LogP contribution in [0, 0.1) is 13.8 Å². The van der Waals surface area contributed by atoms with E-state index in [1.807, 2.05) is 32.0 Å². The number of ether oxygens (including phenoxy) is 1. The lowest BCUT2D eigenvalue weighted by Crippen LogP contribution is -2.32. The minimum absolute atomic E-state index is 0.101. The maximum Gasteiger partial charge on any atom is 0.262 e. The van der Waals surface area contributed by atoms with Gasteiger partial charge in [0.1, 0.15) is 0 Å². The summed E-state index contributed by atoms with van der Waals surface area (Å²) in [5.41, 5.74) is 6.50. The summed E-state index contributed by atoms with van der Waals surface area (Å²) in [6.45, 7) is 7.50. The van der Waals surface area contributed by atoms with Gasteiger partial charge in [-0.05, 0) is 48.9 Å². The number of fused-ring (bicyclic) bond motifs is 1. The fourth-order valence-electron chi connectivity index (χ4n) is 3.92. The van der Waals surface area contributed by atoms with Crippen LogP contribution in [0.3, 0.4) is 0 Å². The topological polar surface area (TPSA) is 67.3 Å². The number of aromatic nitrogens is 2. The van der Waals surface area contributed by atoms with Crippen molar-refractivity contribution in [1.82, 2.24) is 9.97 Å². The molecule has 0 saturated heterocycles. The average Bonchev–Trinajstić information content (AvgIpc) is 2.78. The summed E-state index contributed by atoms with van der Waals surface area (Å²) >= 11 is 0. The lowest BCUT2D eigenvalue weighted by atomic mass is 10.0. The molecule has 0 aliphatic carbocycles. The number of anilines is 2. The third-order valence-electron chi connectivity index (χ3n) is 5.59. The number of nitrogens with zero attached hydrogens (tertiary/aromatic N) is 3. The van der Waals surface area contributed by atoms with Crippen LogP contribution in [0.25, 0.3) is 0 Å². The van der Waals surface area contributed by atoms with Gasteiger partial charge in [0.05, 0.1) is 0 Å². The van der Waals surface area contributed by atoms with Gasteiger partial charge in [0, 0.05) is 30.5 Å². The Kier molecular flexibility index (Phi) is 6.16. The molecule has 0 fully saturated rings. The van der Waals surface area contributed by atoms with Gasteiger partial charge in [0.2, 0.25) is 11.8 Å². The Bertz CT molecular complexity index is 1100. The molecule has 6 nitrogen and oxygen atoms in total. The number of hydrogen-bond acceptors (Lipinski definition) is 5. The van der Waals surface area contributed by atoms with Gasteiger partial charge in [-0.3, -0.25) is 4.79 Å². The first-order valence-corrected chi connectivity index (χ1v) is 10.7. The highest BCUT2D eigenvalue weighted by molar-refractivity contribution is 5.93. The molecule has 3 aromatic rings. The maximum atomic E-state index is 12.5. The Hall–Kier alpha value is -3.41. The number of hydrogen-bond donors (Lipinski definition) is 1. The number of amides is 1. The molecule has 1 aliphatic heterocycles. The number of rotatable bonds is 6. The SMILES string of the molecule is CCc1cccc(C)c1NC(=O)COc1cc(C)nc(N2CCc3ccccc3C2)n1. The Morgan fingerprint density at radius 3 is 2.71 bits per heavy atom. The molecule has 1 aromatic heterocycles. The number of aryl methyl sites for hydroxylation is 3. The largest absolute Gasteiger partial charge is 0.467 e. The van der Waals surface area contributed by atoms with Crippen molar-refractivity contribution in [2.45, 2.75) is 40.2 Å². The van der Waals surface area contributed by atoms with Crippen LogP contribution in [0.1, 0.15) is 34.9 Å². The number of para-hydroxylation sites is 1. The van der Waals surface area contributed by atoms with Crippen molar-refractivity contribution in [3.05, 3.63) is 76.5 Å². The molecule has 2 aromatic carbocycles. The van der Waals surface area contributed by atoms with Gasteiger partial charge in [-0.1, -0.05) is 49.4 Å². The van der Waals surface area contributed by atoms with Crippen LogP contribution in [0.2, 0.25) is 0 Å². The monoisotopic (exact) mass is 416 g/mol. The van der Waals surface area contributed by atoms with Gasteiger partial charge in [0.25, 0.3) is 5.91 Å². The molecule has 6 heteroatoms. The van der Waals surface area contributed by atoms with E-state index in [0.717, 1.165) is 48.4 Å². The van der Waals surface area contributed by atoms with Crippen LogP contribution >= 0.6 is 0 Å². The highest BCUT2D eigenvalue weighted by Crippen LogP contribution is 2.24. The van der Waals surface area contributed by atoms with E-state index in [9.17, 15) is 4.79 Å². The summed E-state index contributed by atoms with van der Waals surface area (Å²) in [5.74, 6) is 0.850. The van der Waals surface area contributed by atoms with Crippen LogP contribution in [0.4, 0.5) is 11.6 Å². The van der Waals surface area contributed by atoms with E-state index < -0.39 is 0 Å². The molecule has 1 N–H and O–H groups in total. The van der Waals surface area contributed by atoms with Crippen molar-refractivity contribution in [3.63, 3.8) is 0 Å². The maximum absolute atomic E-state index is 12.5. The van der Waals surface area contributed by atoms with Gasteiger partial charge >= 0.3 is 0 Å². The van der Waals surface area contributed by atoms with Crippen LogP contribution in [0.15, 0.2) is 48.5 Å². The zero-order valence-electron chi connectivity index (χ0n) is 18.3. The number of carbonyl (C=O) groups excluding carboxylic acids is 1. The van der Waals surface area contributed by atoms with Gasteiger partial charge in [0.15, 0.2) is 6.61 Å². The van der Waals surface area contributed by atoms with Crippen molar-refractivity contribution in [2.75, 3.05) is 23.4 Å². The minimum Gasteiger partial charge on any atom is -0.467 e. The Morgan fingerprint density at radius 2 is 1.90 bits per heavy atom. The summed E-state index contributed by atoms with van der Waals surface area (Å²) in [4.78, 5) is 23.8. The Balaban J connectivity index is 1.43. The van der Waals surface area contributed by atoms with E-state index in [1.165, 1.54) is 11.1 Å². The first kappa shape index (κ1) is 20.8. The lowest BCUT2D eigenvalue weighted by molar-refractivity contribution is -0.118. The lowest BCUT2D eigenvalue weighted by Gasteiger charge is -2.29. The molecule has 0 unspecified atom stereocenters. The highest BCUT2D eigenvalue weighted by Gasteiger charge is 2.19. The van der Waals surface area contributed by atoms with Crippen molar-refractivity contribution >= 4 is 17.5 Å². The third-order valence-corrected chi connectivity index (χ3v) is 5.59. The second kappa shape index (κ2) is 9.16. The van der Waals surface area contributed by atoms with Crippen molar-refractivity contribution in [3.8, 4) is 5.88 Å². The van der Waals surface area contributed by atoms with E-state index in [-0.39, 0.29) is 12.5 Å². The molecule has 1 amide bonds. The summed E-state index contributed by atoms with van der Waals surface area (Å²) in [5, 5.41) is 2.99. The van der Waals surface area contributed by atoms with E-state index in [4.69, 9.17) is 4.74 Å². The highest BCUT2D eigenvalue weighted by atomic mass is 16.5. The Labute approximate surface area is 183 Å². The summed E-state index contributed by atoms with van der Waals surface area (Å²) < 4.78 is 5.75. The standard InChI is InChI=1S/C25H28N4O2/c1-4-19-11-7-8-17(2)24(19)27-22(30)16-31-23-14-18(3)26-25(28-23)29-13-12-20-9-5-6-10-21(20)15-29/h5-11,14H,4,12-13,15-16H2,1-3H3,(H,27,30). The molecule has 0 bridgehead atoms. The molecule has 0 saturated carbocycles. The zero-order valence-corrected chi connectivity index (χ0v) is 18.3. The molecule has 0 atom stereocenters. The van der Waals surface area contributed by atoms with E-state index >= 15 is 0 Å². The molecule has 160 valence electrons. The molecule has 31 heavy (non-hydrogen) atoms. The number of carbonyl (C=O) groups is 1. The van der Waals surface area contributed by atoms with Crippen LogP contribution in [-0.2, 0) is 24.2 Å². The van der Waals surface area contributed by atoms with E-state index in [0.29, 0.717) is 11.8 Å². The van der Waals surface area contributed by atoms with Crippen molar-refractivity contribution in [2.24, 2.45) is 0 Å². The third kappa shape index (κ3) is 4.85. The summed E-state index contributed by atoms with van der Waals surface area (Å²) in [6.07, 6.45) is 1.81. The van der Waals surface area contributed by atoms with Crippen molar-refractivity contribution in [1.29, 1.82) is 0 Å². The molecule has 1 aliphatic rings. The average molecular weight is 417 g/mol. The second-order valence-corrected chi connectivity index (χ2v) is 7.89. The number of benzene rings is 2. The zero-order chi connectivity index (χ0) is 21.8. The molecule has 4 rings (SSSR count). The van der Waals surface area contributed by atoms with Gasteiger partial charge in [-0.2, -0.15) is 4.98 Å². The molecule has 0 spiro atoms. The first-order valence-electron chi connectivity index (χ1n) is 10.7. The summed E-state index contributed by atoms with van der Waals surface area (Å²) in [7, 11) is 0. The van der Waals surface area contributed by atoms with Crippen LogP contribution in [0.5, 0.6) is 5.88 Å². The number of nitrogens with one attached hydrogen (secondary N) is 1. The summed E-state index contributed by atoms with van der Waals surface area (Å²) in [6, 6.07) is 16.3. The molecular weight excluding hydrogens is 388 g/mol. The van der Waals surface area contributed by atoms with Crippen LogP contribution < -0.4 is 15.0 Å². The van der Waals surface area contributed by atoms with E-state index in [2.05, 4.69) is 51.4 Å². The van der Waals surface area contributed by atoms with Crippen molar-refractivity contribution < 1.29 is 9.53 Å². The minimum atomic E-state index is -0.200. The second-order valence-electron chi connectivity index (χ2n) is 7.89. The normalized spacial score (nSPS) is 12.9.